The molecule has 0 fully saturated rings. The van der Waals surface area contributed by atoms with Gasteiger partial charge in [0.1, 0.15) is 5.75 Å². The highest BCUT2D eigenvalue weighted by Crippen LogP contribution is 2.15. The third kappa shape index (κ3) is 21.3. The first kappa shape index (κ1) is 31.3. The van der Waals surface area contributed by atoms with Crippen molar-refractivity contribution in [1.29, 1.82) is 0 Å². The summed E-state index contributed by atoms with van der Waals surface area (Å²) in [5.74, 6) is 0.537. The van der Waals surface area contributed by atoms with E-state index in [2.05, 4.69) is 17.6 Å². The number of hydrogen-bond acceptors (Lipinski definition) is 3. The maximum atomic E-state index is 12.0. The van der Waals surface area contributed by atoms with Crippen molar-refractivity contribution in [2.75, 3.05) is 18.4 Å². The highest BCUT2D eigenvalue weighted by atomic mass is 16.3. The van der Waals surface area contributed by atoms with Crippen molar-refractivity contribution in [3.63, 3.8) is 0 Å². The number of hydrogen-bond donors (Lipinski definition) is 3. The zero-order chi connectivity index (χ0) is 25.2. The number of benzene rings is 1. The van der Waals surface area contributed by atoms with Crippen LogP contribution in [0.25, 0.3) is 0 Å². The van der Waals surface area contributed by atoms with Crippen molar-refractivity contribution in [3.05, 3.63) is 24.3 Å². The molecule has 1 amide bonds. The summed E-state index contributed by atoms with van der Waals surface area (Å²) in [5, 5.41) is 15.7. The molecular weight excluding hydrogens is 432 g/mol. The number of phenols is 1. The first-order chi connectivity index (χ1) is 17.2. The van der Waals surface area contributed by atoms with Gasteiger partial charge < -0.3 is 15.7 Å². The van der Waals surface area contributed by atoms with Crippen LogP contribution in [0.15, 0.2) is 24.3 Å². The van der Waals surface area contributed by atoms with E-state index >= 15 is 0 Å². The summed E-state index contributed by atoms with van der Waals surface area (Å²) in [7, 11) is 0. The van der Waals surface area contributed by atoms with E-state index < -0.39 is 0 Å². The average Bonchev–Trinajstić information content (AvgIpc) is 2.86. The summed E-state index contributed by atoms with van der Waals surface area (Å²) < 4.78 is 0. The van der Waals surface area contributed by atoms with Crippen LogP contribution in [0.3, 0.4) is 0 Å². The van der Waals surface area contributed by atoms with Crippen LogP contribution < -0.4 is 10.6 Å². The molecule has 35 heavy (non-hydrogen) atoms. The Kier molecular flexibility index (Phi) is 21.5. The summed E-state index contributed by atoms with van der Waals surface area (Å²) in [6.45, 7) is 4.06. The fourth-order valence-electron chi connectivity index (χ4n) is 4.57. The predicted octanol–water partition coefficient (Wildman–Crippen LogP) is 9.13. The van der Waals surface area contributed by atoms with Crippen molar-refractivity contribution >= 4 is 11.6 Å². The van der Waals surface area contributed by atoms with Gasteiger partial charge in [-0.15, -0.1) is 0 Å². The molecule has 0 aliphatic rings. The molecule has 0 radical (unpaired) electrons. The average molecular weight is 489 g/mol. The molecular formula is C31H56N2O2. The lowest BCUT2D eigenvalue weighted by Gasteiger charge is -2.07. The fourth-order valence-corrected chi connectivity index (χ4v) is 4.57. The molecule has 0 unspecified atom stereocenters. The Morgan fingerprint density at radius 1 is 0.600 bits per heavy atom. The molecule has 3 N–H and O–H groups in total. The molecule has 0 bridgehead atoms. The Balaban J connectivity index is 1.73. The lowest BCUT2D eigenvalue weighted by atomic mass is 10.0. The molecule has 0 aliphatic heterocycles. The molecule has 0 spiro atoms. The van der Waals surface area contributed by atoms with Crippen LogP contribution in [0.5, 0.6) is 5.75 Å². The van der Waals surface area contributed by atoms with Gasteiger partial charge in [0, 0.05) is 25.2 Å². The minimum absolute atomic E-state index is 0.234. The first-order valence-corrected chi connectivity index (χ1v) is 15.0. The molecule has 0 atom stereocenters. The summed E-state index contributed by atoms with van der Waals surface area (Å²) in [6, 6.07) is 7.21. The van der Waals surface area contributed by atoms with Gasteiger partial charge in [-0.3, -0.25) is 4.79 Å². The largest absolute Gasteiger partial charge is 0.508 e. The normalized spacial score (nSPS) is 11.0. The van der Waals surface area contributed by atoms with Gasteiger partial charge in [0.2, 0.25) is 5.91 Å². The zero-order valence-electron chi connectivity index (χ0n) is 22.9. The summed E-state index contributed by atoms with van der Waals surface area (Å²) >= 11 is 0. The van der Waals surface area contributed by atoms with Crippen LogP contribution in [-0.4, -0.2) is 24.1 Å². The van der Waals surface area contributed by atoms with Crippen LogP contribution in [0.2, 0.25) is 0 Å². The Morgan fingerprint density at radius 2 is 1.03 bits per heavy atom. The van der Waals surface area contributed by atoms with Crippen LogP contribution in [-0.2, 0) is 4.79 Å². The Bertz CT molecular complexity index is 588. The van der Waals surface area contributed by atoms with Gasteiger partial charge in [0.25, 0.3) is 0 Å². The standard InChI is InChI=1S/C31H56N2O2/c1-2-3-4-5-6-7-8-9-10-11-12-13-14-16-19-22-31(35)33-28-21-18-15-17-20-27-32-29-23-25-30(34)26-24-29/h23-26,32,34H,2-22,27-28H2,1H3,(H,33,35). The van der Waals surface area contributed by atoms with Crippen molar-refractivity contribution in [2.45, 2.75) is 142 Å². The summed E-state index contributed by atoms with van der Waals surface area (Å²) in [4.78, 5) is 12.0. The second-order valence-electron chi connectivity index (χ2n) is 10.3. The lowest BCUT2D eigenvalue weighted by Crippen LogP contribution is -2.23. The number of carbonyl (C=O) groups is 1. The predicted molar refractivity (Wildman–Crippen MR) is 152 cm³/mol. The van der Waals surface area contributed by atoms with E-state index in [1.807, 2.05) is 12.1 Å². The SMILES string of the molecule is CCCCCCCCCCCCCCCCCC(=O)NCCCCCCCNc1ccc(O)cc1. The monoisotopic (exact) mass is 488 g/mol. The van der Waals surface area contributed by atoms with Crippen molar-refractivity contribution in [2.24, 2.45) is 0 Å². The maximum Gasteiger partial charge on any atom is 0.219 e. The molecule has 0 aliphatic carbocycles. The van der Waals surface area contributed by atoms with Gasteiger partial charge in [-0.2, -0.15) is 0 Å². The topological polar surface area (TPSA) is 61.4 Å². The molecule has 4 heteroatoms. The van der Waals surface area contributed by atoms with E-state index in [0.717, 1.165) is 38.0 Å². The lowest BCUT2D eigenvalue weighted by molar-refractivity contribution is -0.121. The van der Waals surface area contributed by atoms with E-state index in [-0.39, 0.29) is 5.91 Å². The Morgan fingerprint density at radius 3 is 1.54 bits per heavy atom. The molecule has 0 aromatic heterocycles. The number of amides is 1. The summed E-state index contributed by atoms with van der Waals surface area (Å²) in [6.07, 6.45) is 26.9. The number of aromatic hydroxyl groups is 1. The second-order valence-corrected chi connectivity index (χ2v) is 10.3. The van der Waals surface area contributed by atoms with Crippen LogP contribution in [0.4, 0.5) is 5.69 Å². The van der Waals surface area contributed by atoms with Gasteiger partial charge in [-0.25, -0.2) is 0 Å². The second kappa shape index (κ2) is 24.0. The van der Waals surface area contributed by atoms with Gasteiger partial charge in [0.15, 0.2) is 0 Å². The van der Waals surface area contributed by atoms with Crippen LogP contribution >= 0.6 is 0 Å². The van der Waals surface area contributed by atoms with Gasteiger partial charge in [-0.1, -0.05) is 116 Å². The molecule has 4 nitrogen and oxygen atoms in total. The van der Waals surface area contributed by atoms with Gasteiger partial charge in [-0.05, 0) is 43.5 Å². The van der Waals surface area contributed by atoms with Crippen molar-refractivity contribution in [1.82, 2.24) is 5.32 Å². The van der Waals surface area contributed by atoms with E-state index in [0.29, 0.717) is 12.2 Å². The molecule has 202 valence electrons. The first-order valence-electron chi connectivity index (χ1n) is 15.0. The van der Waals surface area contributed by atoms with Crippen molar-refractivity contribution in [3.8, 4) is 5.75 Å². The zero-order valence-corrected chi connectivity index (χ0v) is 22.9. The third-order valence-corrected chi connectivity index (χ3v) is 6.88. The number of unbranched alkanes of at least 4 members (excludes halogenated alkanes) is 18. The van der Waals surface area contributed by atoms with E-state index in [1.54, 1.807) is 12.1 Å². The minimum Gasteiger partial charge on any atom is -0.508 e. The maximum absolute atomic E-state index is 12.0. The third-order valence-electron chi connectivity index (χ3n) is 6.88. The van der Waals surface area contributed by atoms with Gasteiger partial charge in [0.05, 0.1) is 0 Å². The molecule has 0 saturated carbocycles. The highest BCUT2D eigenvalue weighted by molar-refractivity contribution is 5.75. The highest BCUT2D eigenvalue weighted by Gasteiger charge is 2.01. The number of phenolic OH excluding ortho intramolecular Hbond substituents is 1. The number of carbonyl (C=O) groups excluding carboxylic acids is 1. The van der Waals surface area contributed by atoms with Gasteiger partial charge >= 0.3 is 0 Å². The number of anilines is 1. The molecule has 1 rings (SSSR count). The number of nitrogens with one attached hydrogen (secondary N) is 2. The quantitative estimate of drug-likeness (QED) is 0.0949. The smallest absolute Gasteiger partial charge is 0.219 e. The Hall–Kier alpha value is -1.71. The fraction of sp³-hybridized carbons (Fsp3) is 0.774. The molecule has 0 heterocycles. The van der Waals surface area contributed by atoms with Crippen molar-refractivity contribution < 1.29 is 9.90 Å². The van der Waals surface area contributed by atoms with E-state index in [4.69, 9.17) is 0 Å². The molecule has 1 aromatic carbocycles. The Labute approximate surface area is 217 Å². The summed E-state index contributed by atoms with van der Waals surface area (Å²) in [5.41, 5.74) is 1.06. The molecule has 1 aromatic rings. The minimum atomic E-state index is 0.234. The number of rotatable bonds is 25. The van der Waals surface area contributed by atoms with E-state index in [1.165, 1.54) is 109 Å². The van der Waals surface area contributed by atoms with Crippen LogP contribution in [0, 0.1) is 0 Å². The molecule has 0 saturated heterocycles. The van der Waals surface area contributed by atoms with E-state index in [9.17, 15) is 9.90 Å². The van der Waals surface area contributed by atoms with Crippen LogP contribution in [0.1, 0.15) is 142 Å².